The maximum atomic E-state index is 12.7. The Kier molecular flexibility index (Phi) is 6.83. The number of ether oxygens (including phenoxy) is 1. The van der Waals surface area contributed by atoms with Crippen molar-refractivity contribution in [3.05, 3.63) is 22.7 Å². The Morgan fingerprint density at radius 1 is 1.27 bits per heavy atom. The smallest absolute Gasteiger partial charge is 0.247 e. The molecular formula is C14H21BrN2O4S. The van der Waals surface area contributed by atoms with Crippen LogP contribution in [0, 0.1) is 0 Å². The molecule has 22 heavy (non-hydrogen) atoms. The summed E-state index contributed by atoms with van der Waals surface area (Å²) in [5.74, 6) is 0.00961. The van der Waals surface area contributed by atoms with Gasteiger partial charge in [0, 0.05) is 24.6 Å². The van der Waals surface area contributed by atoms with E-state index in [1.54, 1.807) is 17.0 Å². The van der Waals surface area contributed by atoms with Gasteiger partial charge in [0.05, 0.1) is 13.7 Å². The summed E-state index contributed by atoms with van der Waals surface area (Å²) < 4.78 is 32.1. The highest BCUT2D eigenvalue weighted by Gasteiger charge is 2.27. The molecule has 124 valence electrons. The van der Waals surface area contributed by atoms with Crippen molar-refractivity contribution in [3.8, 4) is 5.75 Å². The molecule has 0 aliphatic heterocycles. The fourth-order valence-corrected chi connectivity index (χ4v) is 3.78. The molecule has 0 bridgehead atoms. The number of hydrogen-bond donors (Lipinski definition) is 0. The molecule has 0 aliphatic rings. The molecule has 0 aromatic heterocycles. The van der Waals surface area contributed by atoms with Crippen LogP contribution in [-0.2, 0) is 14.8 Å². The van der Waals surface area contributed by atoms with Gasteiger partial charge in [-0.3, -0.25) is 4.79 Å². The van der Waals surface area contributed by atoms with Gasteiger partial charge in [-0.2, -0.15) is 4.31 Å². The Hall–Kier alpha value is -1.12. The molecule has 0 unspecified atom stereocenters. The largest absolute Gasteiger partial charge is 0.495 e. The molecule has 0 aliphatic carbocycles. The predicted molar refractivity (Wildman–Crippen MR) is 88.4 cm³/mol. The van der Waals surface area contributed by atoms with E-state index in [0.29, 0.717) is 17.6 Å². The molecule has 6 nitrogen and oxygen atoms in total. The van der Waals surface area contributed by atoms with Gasteiger partial charge in [-0.05, 0) is 32.0 Å². The van der Waals surface area contributed by atoms with Crippen LogP contribution in [0.2, 0.25) is 0 Å². The van der Waals surface area contributed by atoms with Crippen LogP contribution in [0.1, 0.15) is 13.8 Å². The van der Waals surface area contributed by atoms with Gasteiger partial charge in [0.15, 0.2) is 0 Å². The van der Waals surface area contributed by atoms with E-state index in [1.165, 1.54) is 20.2 Å². The lowest BCUT2D eigenvalue weighted by Gasteiger charge is -2.23. The van der Waals surface area contributed by atoms with Crippen molar-refractivity contribution >= 4 is 31.9 Å². The molecule has 0 N–H and O–H groups in total. The number of sulfonamides is 1. The highest BCUT2D eigenvalue weighted by molar-refractivity contribution is 9.10. The van der Waals surface area contributed by atoms with Crippen molar-refractivity contribution in [2.45, 2.75) is 18.7 Å². The molecule has 0 atom stereocenters. The van der Waals surface area contributed by atoms with E-state index >= 15 is 0 Å². The number of carbonyl (C=O) groups is 1. The third kappa shape index (κ3) is 4.21. The third-order valence-corrected chi connectivity index (χ3v) is 5.61. The summed E-state index contributed by atoms with van der Waals surface area (Å²) in [5.41, 5.74) is 0. The molecule has 1 aromatic rings. The molecule has 1 rings (SSSR count). The Labute approximate surface area is 140 Å². The molecular weight excluding hydrogens is 372 g/mol. The molecule has 0 fully saturated rings. The summed E-state index contributed by atoms with van der Waals surface area (Å²) in [7, 11) is -1.03. The van der Waals surface area contributed by atoms with E-state index < -0.39 is 10.0 Å². The van der Waals surface area contributed by atoms with Crippen LogP contribution in [0.5, 0.6) is 5.75 Å². The topological polar surface area (TPSA) is 66.9 Å². The standard InChI is InChI=1S/C14H21BrN2O4S/c1-5-17(6-2)14(18)10-16(3)22(19,20)13-9-11(15)7-8-12(13)21-4/h7-9H,5-6,10H2,1-4H3. The number of benzene rings is 1. The van der Waals surface area contributed by atoms with E-state index in [4.69, 9.17) is 4.74 Å². The minimum Gasteiger partial charge on any atom is -0.495 e. The zero-order chi connectivity index (χ0) is 16.9. The SMILES string of the molecule is CCN(CC)C(=O)CN(C)S(=O)(=O)c1cc(Br)ccc1OC. The number of likely N-dealkylation sites (N-methyl/N-ethyl adjacent to an activating group) is 2. The van der Waals surface area contributed by atoms with Crippen LogP contribution >= 0.6 is 15.9 Å². The Balaban J connectivity index is 3.09. The van der Waals surface area contributed by atoms with Crippen LogP contribution in [0.4, 0.5) is 0 Å². The molecule has 0 radical (unpaired) electrons. The second-order valence-corrected chi connectivity index (χ2v) is 7.55. The summed E-state index contributed by atoms with van der Waals surface area (Å²) in [6.07, 6.45) is 0. The Morgan fingerprint density at radius 3 is 2.36 bits per heavy atom. The number of halogens is 1. The normalized spacial score (nSPS) is 11.5. The quantitative estimate of drug-likeness (QED) is 0.710. The van der Waals surface area contributed by atoms with Gasteiger partial charge in [0.1, 0.15) is 10.6 Å². The van der Waals surface area contributed by atoms with Gasteiger partial charge in [0.2, 0.25) is 15.9 Å². The maximum Gasteiger partial charge on any atom is 0.247 e. The number of hydrogen-bond acceptors (Lipinski definition) is 4. The Morgan fingerprint density at radius 2 is 1.86 bits per heavy atom. The van der Waals surface area contributed by atoms with Gasteiger partial charge in [-0.1, -0.05) is 15.9 Å². The first-order valence-corrected chi connectivity index (χ1v) is 9.08. The minimum absolute atomic E-state index is 0.0271. The van der Waals surface area contributed by atoms with Gasteiger partial charge in [-0.15, -0.1) is 0 Å². The molecule has 8 heteroatoms. The van der Waals surface area contributed by atoms with Crippen molar-refractivity contribution in [2.75, 3.05) is 33.8 Å². The number of amides is 1. The molecule has 0 saturated carbocycles. The summed E-state index contributed by atoms with van der Waals surface area (Å²) >= 11 is 3.25. The fourth-order valence-electron chi connectivity index (χ4n) is 1.97. The number of nitrogens with zero attached hydrogens (tertiary/aromatic N) is 2. The molecule has 0 spiro atoms. The van der Waals surface area contributed by atoms with Crippen LogP contribution in [0.25, 0.3) is 0 Å². The predicted octanol–water partition coefficient (Wildman–Crippen LogP) is 1.95. The number of rotatable bonds is 7. The summed E-state index contributed by atoms with van der Waals surface area (Å²) in [6, 6.07) is 4.72. The third-order valence-electron chi connectivity index (χ3n) is 3.29. The number of carbonyl (C=O) groups excluding carboxylic acids is 1. The second-order valence-electron chi connectivity index (χ2n) is 4.62. The second kappa shape index (κ2) is 7.94. The van der Waals surface area contributed by atoms with Crippen LogP contribution < -0.4 is 4.74 Å². The van der Waals surface area contributed by atoms with Crippen molar-refractivity contribution in [3.63, 3.8) is 0 Å². The van der Waals surface area contributed by atoms with Crippen molar-refractivity contribution in [1.29, 1.82) is 0 Å². The highest BCUT2D eigenvalue weighted by Crippen LogP contribution is 2.29. The van der Waals surface area contributed by atoms with Crippen LogP contribution in [-0.4, -0.2) is 57.3 Å². The highest BCUT2D eigenvalue weighted by atomic mass is 79.9. The zero-order valence-corrected chi connectivity index (χ0v) is 15.6. The summed E-state index contributed by atoms with van der Waals surface area (Å²) in [5, 5.41) is 0. The molecule has 1 aromatic carbocycles. The lowest BCUT2D eigenvalue weighted by Crippen LogP contribution is -2.41. The van der Waals surface area contributed by atoms with E-state index in [2.05, 4.69) is 15.9 Å². The molecule has 1 amide bonds. The van der Waals surface area contributed by atoms with E-state index in [-0.39, 0.29) is 23.1 Å². The maximum absolute atomic E-state index is 12.7. The summed E-state index contributed by atoms with van der Waals surface area (Å²) in [6.45, 7) is 4.59. The van der Waals surface area contributed by atoms with Crippen LogP contribution in [0.15, 0.2) is 27.6 Å². The first-order chi connectivity index (χ1) is 10.3. The monoisotopic (exact) mass is 392 g/mol. The first kappa shape index (κ1) is 18.9. The van der Waals surface area contributed by atoms with Crippen molar-refractivity contribution < 1.29 is 17.9 Å². The Bertz CT molecular complexity index is 630. The minimum atomic E-state index is -3.82. The van der Waals surface area contributed by atoms with Gasteiger partial charge in [0.25, 0.3) is 0 Å². The van der Waals surface area contributed by atoms with Crippen molar-refractivity contribution in [1.82, 2.24) is 9.21 Å². The fraction of sp³-hybridized carbons (Fsp3) is 0.500. The summed E-state index contributed by atoms with van der Waals surface area (Å²) in [4.78, 5) is 13.7. The van der Waals surface area contributed by atoms with Crippen LogP contribution in [0.3, 0.4) is 0 Å². The number of methoxy groups -OCH3 is 1. The lowest BCUT2D eigenvalue weighted by molar-refractivity contribution is -0.130. The lowest BCUT2D eigenvalue weighted by atomic mass is 10.3. The van der Waals surface area contributed by atoms with E-state index in [0.717, 1.165) is 4.31 Å². The first-order valence-electron chi connectivity index (χ1n) is 6.85. The molecule has 0 heterocycles. The zero-order valence-electron chi connectivity index (χ0n) is 13.2. The average molecular weight is 393 g/mol. The van der Waals surface area contributed by atoms with Crippen molar-refractivity contribution in [2.24, 2.45) is 0 Å². The average Bonchev–Trinajstić information content (AvgIpc) is 2.48. The van der Waals surface area contributed by atoms with Gasteiger partial charge >= 0.3 is 0 Å². The van der Waals surface area contributed by atoms with E-state index in [9.17, 15) is 13.2 Å². The van der Waals surface area contributed by atoms with E-state index in [1.807, 2.05) is 13.8 Å². The van der Waals surface area contributed by atoms with Gasteiger partial charge < -0.3 is 9.64 Å². The van der Waals surface area contributed by atoms with Gasteiger partial charge in [-0.25, -0.2) is 8.42 Å². The molecule has 0 saturated heterocycles.